The molecule has 0 aliphatic heterocycles. The third-order valence-electron chi connectivity index (χ3n) is 3.28. The maximum absolute atomic E-state index is 3.38. The molecule has 2 N–H and O–H groups in total. The van der Waals surface area contributed by atoms with E-state index < -0.39 is 0 Å². The molecule has 2 heteroatoms. The maximum atomic E-state index is 3.38. The second-order valence-corrected chi connectivity index (χ2v) is 4.99. The molecule has 0 amide bonds. The van der Waals surface area contributed by atoms with Gasteiger partial charge in [0.05, 0.1) is 0 Å². The van der Waals surface area contributed by atoms with Crippen LogP contribution in [-0.4, -0.2) is 26.7 Å². The molecule has 0 atom stereocenters. The van der Waals surface area contributed by atoms with Gasteiger partial charge in [0.2, 0.25) is 0 Å². The average molecular weight is 242 g/mol. The van der Waals surface area contributed by atoms with Gasteiger partial charge < -0.3 is 10.6 Å². The first-order valence-corrected chi connectivity index (χ1v) is 7.77. The fourth-order valence-electron chi connectivity index (χ4n) is 2.14. The third kappa shape index (κ3) is 15.9. The summed E-state index contributed by atoms with van der Waals surface area (Å²) in [6.45, 7) is 5.69. The second-order valence-electron chi connectivity index (χ2n) is 4.99. The molecule has 0 bridgehead atoms. The lowest BCUT2D eigenvalue weighted by Crippen LogP contribution is -2.13. The Labute approximate surface area is 109 Å². The third-order valence-corrected chi connectivity index (χ3v) is 3.28. The van der Waals surface area contributed by atoms with E-state index in [0.29, 0.717) is 0 Å². The fraction of sp³-hybridized carbons (Fsp3) is 1.00. The first-order valence-electron chi connectivity index (χ1n) is 7.77. The monoisotopic (exact) mass is 242 g/mol. The normalized spacial score (nSPS) is 10.9. The van der Waals surface area contributed by atoms with Crippen molar-refractivity contribution in [3.8, 4) is 0 Å². The van der Waals surface area contributed by atoms with E-state index in [4.69, 9.17) is 0 Å². The zero-order chi connectivity index (χ0) is 12.6. The van der Waals surface area contributed by atoms with Crippen molar-refractivity contribution in [3.63, 3.8) is 0 Å². The van der Waals surface area contributed by atoms with Crippen molar-refractivity contribution in [1.29, 1.82) is 0 Å². The average Bonchev–Trinajstić information content (AvgIpc) is 2.35. The van der Waals surface area contributed by atoms with Crippen molar-refractivity contribution in [2.24, 2.45) is 0 Å². The number of nitrogens with one attached hydrogen (secondary N) is 2. The number of hydrogen-bond donors (Lipinski definition) is 2. The smallest absolute Gasteiger partial charge is 0.00490 e. The van der Waals surface area contributed by atoms with Crippen molar-refractivity contribution in [1.82, 2.24) is 10.6 Å². The fourth-order valence-corrected chi connectivity index (χ4v) is 2.14. The van der Waals surface area contributed by atoms with E-state index in [-0.39, 0.29) is 0 Å². The molecule has 0 spiro atoms. The summed E-state index contributed by atoms with van der Waals surface area (Å²) in [4.78, 5) is 0. The van der Waals surface area contributed by atoms with Gasteiger partial charge in [-0.3, -0.25) is 0 Å². The second kappa shape index (κ2) is 15.9. The van der Waals surface area contributed by atoms with Crippen LogP contribution >= 0.6 is 0 Å². The SMILES string of the molecule is CCNCCCCCCCCCCCCNC. The van der Waals surface area contributed by atoms with E-state index in [2.05, 4.69) is 17.6 Å². The highest BCUT2D eigenvalue weighted by Crippen LogP contribution is 2.10. The Morgan fingerprint density at radius 2 is 1.00 bits per heavy atom. The molecule has 0 unspecified atom stereocenters. The summed E-state index contributed by atoms with van der Waals surface area (Å²) in [5, 5.41) is 6.58. The predicted octanol–water partition coefficient (Wildman–Crippen LogP) is 3.72. The lowest BCUT2D eigenvalue weighted by molar-refractivity contribution is 0.540. The topological polar surface area (TPSA) is 24.1 Å². The van der Waals surface area contributed by atoms with Crippen molar-refractivity contribution in [2.45, 2.75) is 71.1 Å². The summed E-state index contributed by atoms with van der Waals surface area (Å²) < 4.78 is 0. The van der Waals surface area contributed by atoms with Crippen LogP contribution in [0.1, 0.15) is 71.1 Å². The Hall–Kier alpha value is -0.0800. The van der Waals surface area contributed by atoms with Gasteiger partial charge in [-0.2, -0.15) is 0 Å². The molecule has 0 aliphatic rings. The van der Waals surface area contributed by atoms with Crippen LogP contribution in [0.2, 0.25) is 0 Å². The van der Waals surface area contributed by atoms with Gasteiger partial charge in [0.1, 0.15) is 0 Å². The van der Waals surface area contributed by atoms with Crippen LogP contribution in [0.3, 0.4) is 0 Å². The summed E-state index contributed by atoms with van der Waals surface area (Å²) in [7, 11) is 2.04. The predicted molar refractivity (Wildman–Crippen MR) is 78.6 cm³/mol. The minimum absolute atomic E-state index is 1.12. The van der Waals surface area contributed by atoms with Crippen LogP contribution < -0.4 is 10.6 Å². The molecule has 0 heterocycles. The molecule has 104 valence electrons. The largest absolute Gasteiger partial charge is 0.320 e. The molecule has 17 heavy (non-hydrogen) atoms. The molecule has 0 aromatic rings. The van der Waals surface area contributed by atoms with Crippen LogP contribution in [0.15, 0.2) is 0 Å². The molecular weight excluding hydrogens is 208 g/mol. The molecule has 0 rings (SSSR count). The molecule has 0 aromatic heterocycles. The lowest BCUT2D eigenvalue weighted by Gasteiger charge is -2.03. The minimum atomic E-state index is 1.12. The van der Waals surface area contributed by atoms with Gasteiger partial charge in [-0.1, -0.05) is 58.3 Å². The molecule has 0 radical (unpaired) electrons. The highest BCUT2D eigenvalue weighted by atomic mass is 14.8. The van der Waals surface area contributed by atoms with Crippen LogP contribution in [0.5, 0.6) is 0 Å². The molecule has 0 saturated carbocycles. The molecular formula is C15H34N2. The number of hydrogen-bond acceptors (Lipinski definition) is 2. The van der Waals surface area contributed by atoms with Crippen LogP contribution in [-0.2, 0) is 0 Å². The molecule has 0 saturated heterocycles. The molecule has 0 fully saturated rings. The number of rotatable bonds is 14. The van der Waals surface area contributed by atoms with Gasteiger partial charge >= 0.3 is 0 Å². The molecule has 0 aliphatic carbocycles. The first-order chi connectivity index (χ1) is 8.41. The van der Waals surface area contributed by atoms with Gasteiger partial charge in [-0.15, -0.1) is 0 Å². The van der Waals surface area contributed by atoms with E-state index >= 15 is 0 Å². The van der Waals surface area contributed by atoms with Gasteiger partial charge in [0, 0.05) is 0 Å². The number of unbranched alkanes of at least 4 members (excludes halogenated alkanes) is 9. The van der Waals surface area contributed by atoms with Crippen LogP contribution in [0, 0.1) is 0 Å². The Balaban J connectivity index is 2.85. The standard InChI is InChI=1S/C15H34N2/c1-3-17-15-13-11-9-7-5-4-6-8-10-12-14-16-2/h16-17H,3-15H2,1-2H3. The van der Waals surface area contributed by atoms with Crippen molar-refractivity contribution in [2.75, 3.05) is 26.7 Å². The van der Waals surface area contributed by atoms with Gasteiger partial charge in [-0.05, 0) is 39.5 Å². The summed E-state index contributed by atoms with van der Waals surface area (Å²) in [6, 6.07) is 0. The lowest BCUT2D eigenvalue weighted by atomic mass is 10.1. The highest BCUT2D eigenvalue weighted by Gasteiger charge is 1.92. The minimum Gasteiger partial charge on any atom is -0.320 e. The summed E-state index contributed by atoms with van der Waals surface area (Å²) in [5.41, 5.74) is 0. The molecule has 2 nitrogen and oxygen atoms in total. The summed E-state index contributed by atoms with van der Waals surface area (Å²) in [5.74, 6) is 0. The first kappa shape index (κ1) is 16.9. The Morgan fingerprint density at radius 1 is 0.588 bits per heavy atom. The van der Waals surface area contributed by atoms with E-state index in [9.17, 15) is 0 Å². The van der Waals surface area contributed by atoms with E-state index in [1.807, 2.05) is 7.05 Å². The van der Waals surface area contributed by atoms with Crippen molar-refractivity contribution >= 4 is 0 Å². The summed E-state index contributed by atoms with van der Waals surface area (Å²) in [6.07, 6.45) is 14.2. The van der Waals surface area contributed by atoms with Gasteiger partial charge in [0.15, 0.2) is 0 Å². The maximum Gasteiger partial charge on any atom is -0.00490 e. The van der Waals surface area contributed by atoms with Crippen LogP contribution in [0.4, 0.5) is 0 Å². The molecule has 0 aromatic carbocycles. The van der Waals surface area contributed by atoms with Crippen molar-refractivity contribution < 1.29 is 0 Å². The Kier molecular flexibility index (Phi) is 15.8. The Bertz CT molecular complexity index is 112. The van der Waals surface area contributed by atoms with E-state index in [1.54, 1.807) is 0 Å². The van der Waals surface area contributed by atoms with Gasteiger partial charge in [-0.25, -0.2) is 0 Å². The highest BCUT2D eigenvalue weighted by molar-refractivity contribution is 4.50. The Morgan fingerprint density at radius 3 is 1.41 bits per heavy atom. The van der Waals surface area contributed by atoms with E-state index in [1.165, 1.54) is 77.3 Å². The van der Waals surface area contributed by atoms with Crippen LogP contribution in [0.25, 0.3) is 0 Å². The quantitative estimate of drug-likeness (QED) is 0.454. The summed E-state index contributed by atoms with van der Waals surface area (Å²) >= 11 is 0. The van der Waals surface area contributed by atoms with Gasteiger partial charge in [0.25, 0.3) is 0 Å². The zero-order valence-corrected chi connectivity index (χ0v) is 12.2. The zero-order valence-electron chi connectivity index (χ0n) is 12.2. The van der Waals surface area contributed by atoms with E-state index in [0.717, 1.165) is 6.54 Å². The van der Waals surface area contributed by atoms with Crippen molar-refractivity contribution in [3.05, 3.63) is 0 Å².